The lowest BCUT2D eigenvalue weighted by Gasteiger charge is -2.29. The van der Waals surface area contributed by atoms with Gasteiger partial charge in [0.2, 0.25) is 5.91 Å². The van der Waals surface area contributed by atoms with Crippen molar-refractivity contribution in [3.63, 3.8) is 0 Å². The molecule has 8 nitrogen and oxygen atoms in total. The van der Waals surface area contributed by atoms with E-state index in [0.717, 1.165) is 43.4 Å². The fourth-order valence-electron chi connectivity index (χ4n) is 4.18. The molecule has 3 rings (SSSR count). The number of rotatable bonds is 3. The second-order valence-electron chi connectivity index (χ2n) is 7.50. The number of urea groups is 2. The minimum atomic E-state index is -0.836. The summed E-state index contributed by atoms with van der Waals surface area (Å²) >= 11 is 0. The van der Waals surface area contributed by atoms with E-state index in [4.69, 9.17) is 0 Å². The van der Waals surface area contributed by atoms with E-state index in [1.165, 1.54) is 0 Å². The minimum absolute atomic E-state index is 0.0556. The van der Waals surface area contributed by atoms with Crippen LogP contribution in [0, 0.1) is 5.92 Å². The Morgan fingerprint density at radius 3 is 2.52 bits per heavy atom. The monoisotopic (exact) mass is 350 g/mol. The van der Waals surface area contributed by atoms with Crippen LogP contribution in [0.3, 0.4) is 0 Å². The van der Waals surface area contributed by atoms with Gasteiger partial charge in [-0.2, -0.15) is 0 Å². The number of nitrogens with one attached hydrogen (secondary N) is 3. The predicted octanol–water partition coefficient (Wildman–Crippen LogP) is 1.26. The third kappa shape index (κ3) is 3.62. The number of nitrogens with zero attached hydrogens (tertiary/aromatic N) is 1. The molecule has 3 aliphatic rings. The molecule has 25 heavy (non-hydrogen) atoms. The van der Waals surface area contributed by atoms with E-state index < -0.39 is 30.1 Å². The summed E-state index contributed by atoms with van der Waals surface area (Å²) in [6, 6.07) is -1.06. The molecule has 0 aromatic carbocycles. The Balaban J connectivity index is 1.51. The molecule has 2 aliphatic carbocycles. The van der Waals surface area contributed by atoms with Crippen molar-refractivity contribution in [2.24, 2.45) is 5.92 Å². The van der Waals surface area contributed by atoms with Crippen molar-refractivity contribution in [2.45, 2.75) is 69.9 Å². The molecule has 1 spiro atoms. The zero-order valence-corrected chi connectivity index (χ0v) is 14.6. The largest absolute Gasteiger partial charge is 0.335 e. The van der Waals surface area contributed by atoms with Crippen molar-refractivity contribution in [1.82, 2.24) is 20.9 Å². The highest BCUT2D eigenvalue weighted by Gasteiger charge is 2.52. The van der Waals surface area contributed by atoms with Gasteiger partial charge in [0, 0.05) is 6.04 Å². The van der Waals surface area contributed by atoms with Gasteiger partial charge in [-0.1, -0.05) is 32.6 Å². The van der Waals surface area contributed by atoms with Crippen LogP contribution < -0.4 is 16.0 Å². The summed E-state index contributed by atoms with van der Waals surface area (Å²) in [4.78, 5) is 49.5. The summed E-state index contributed by atoms with van der Waals surface area (Å²) in [7, 11) is 0. The molecule has 1 saturated heterocycles. The van der Waals surface area contributed by atoms with Crippen molar-refractivity contribution >= 4 is 23.9 Å². The Morgan fingerprint density at radius 2 is 1.84 bits per heavy atom. The van der Waals surface area contributed by atoms with Crippen LogP contribution in [0.4, 0.5) is 9.59 Å². The summed E-state index contributed by atoms with van der Waals surface area (Å²) in [5.41, 5.74) is -0.836. The standard InChI is InChI=1S/C17H26N4O4/c1-11-6-2-3-7-12(11)18-15(24)19-13(22)10-21-14(23)17(20-16(21)25)8-4-5-9-17/h11-12H,2-10H2,1H3,(H,20,25)(H2,18,19,22,24)/t11-,12-/m1/s1. The highest BCUT2D eigenvalue weighted by atomic mass is 16.2. The summed E-state index contributed by atoms with van der Waals surface area (Å²) < 4.78 is 0. The summed E-state index contributed by atoms with van der Waals surface area (Å²) in [5.74, 6) is -0.631. The average Bonchev–Trinajstić information content (AvgIpc) is 3.11. The van der Waals surface area contributed by atoms with E-state index in [-0.39, 0.29) is 11.9 Å². The Hall–Kier alpha value is -2.12. The first-order valence-electron chi connectivity index (χ1n) is 9.16. The number of hydrogen-bond donors (Lipinski definition) is 3. The van der Waals surface area contributed by atoms with E-state index in [0.29, 0.717) is 18.8 Å². The zero-order valence-electron chi connectivity index (χ0n) is 14.6. The Morgan fingerprint density at radius 1 is 1.16 bits per heavy atom. The first kappa shape index (κ1) is 17.7. The van der Waals surface area contributed by atoms with Crippen LogP contribution in [0.5, 0.6) is 0 Å². The van der Waals surface area contributed by atoms with Gasteiger partial charge in [-0.3, -0.25) is 19.8 Å². The second-order valence-corrected chi connectivity index (χ2v) is 7.50. The molecule has 1 heterocycles. The number of imide groups is 2. The van der Waals surface area contributed by atoms with Crippen LogP contribution in [0.2, 0.25) is 0 Å². The lowest BCUT2D eigenvalue weighted by Crippen LogP contribution is -2.50. The van der Waals surface area contributed by atoms with E-state index in [1.807, 2.05) is 0 Å². The van der Waals surface area contributed by atoms with Crippen molar-refractivity contribution in [2.75, 3.05) is 6.54 Å². The molecule has 6 amide bonds. The number of hydrogen-bond acceptors (Lipinski definition) is 4. The molecular weight excluding hydrogens is 324 g/mol. The topological polar surface area (TPSA) is 108 Å². The predicted molar refractivity (Wildman–Crippen MR) is 89.5 cm³/mol. The van der Waals surface area contributed by atoms with Crippen LogP contribution >= 0.6 is 0 Å². The molecule has 0 radical (unpaired) electrons. The molecule has 2 atom stereocenters. The molecule has 0 bridgehead atoms. The van der Waals surface area contributed by atoms with Gasteiger partial charge in [0.05, 0.1) is 0 Å². The maximum Gasteiger partial charge on any atom is 0.325 e. The fourth-order valence-corrected chi connectivity index (χ4v) is 4.18. The highest BCUT2D eigenvalue weighted by molar-refractivity contribution is 6.10. The SMILES string of the molecule is C[C@@H]1CCCC[C@H]1NC(=O)NC(=O)CN1C(=O)NC2(CCCC2)C1=O. The molecule has 3 fully saturated rings. The first-order valence-corrected chi connectivity index (χ1v) is 9.16. The number of amides is 6. The van der Waals surface area contributed by atoms with Crippen molar-refractivity contribution in [3.8, 4) is 0 Å². The molecule has 138 valence electrons. The number of carbonyl (C=O) groups excluding carboxylic acids is 4. The molecule has 0 aromatic rings. The molecule has 8 heteroatoms. The third-order valence-corrected chi connectivity index (χ3v) is 5.69. The van der Waals surface area contributed by atoms with Crippen molar-refractivity contribution in [3.05, 3.63) is 0 Å². The number of carbonyl (C=O) groups is 4. The molecular formula is C17H26N4O4. The van der Waals surface area contributed by atoms with E-state index in [9.17, 15) is 19.2 Å². The van der Waals surface area contributed by atoms with Gasteiger partial charge in [0.1, 0.15) is 12.1 Å². The normalized spacial score (nSPS) is 28.1. The van der Waals surface area contributed by atoms with Crippen LogP contribution in [0.25, 0.3) is 0 Å². The zero-order chi connectivity index (χ0) is 18.0. The lowest BCUT2D eigenvalue weighted by atomic mass is 9.86. The maximum atomic E-state index is 12.5. The first-order chi connectivity index (χ1) is 11.9. The van der Waals surface area contributed by atoms with Gasteiger partial charge in [0.15, 0.2) is 0 Å². The van der Waals surface area contributed by atoms with E-state index in [2.05, 4.69) is 22.9 Å². The van der Waals surface area contributed by atoms with Crippen LogP contribution in [-0.4, -0.2) is 46.9 Å². The van der Waals surface area contributed by atoms with Gasteiger partial charge in [-0.15, -0.1) is 0 Å². The minimum Gasteiger partial charge on any atom is -0.335 e. The molecule has 2 saturated carbocycles. The fraction of sp³-hybridized carbons (Fsp3) is 0.765. The highest BCUT2D eigenvalue weighted by Crippen LogP contribution is 2.34. The molecule has 0 aromatic heterocycles. The van der Waals surface area contributed by atoms with Crippen LogP contribution in [-0.2, 0) is 9.59 Å². The van der Waals surface area contributed by atoms with Gasteiger partial charge in [-0.25, -0.2) is 9.59 Å². The van der Waals surface area contributed by atoms with E-state index in [1.54, 1.807) is 0 Å². The summed E-state index contributed by atoms with van der Waals surface area (Å²) in [6.45, 7) is 1.65. The Bertz CT molecular complexity index is 585. The van der Waals surface area contributed by atoms with Gasteiger partial charge >= 0.3 is 12.1 Å². The molecule has 0 unspecified atom stereocenters. The van der Waals surface area contributed by atoms with Crippen molar-refractivity contribution in [1.29, 1.82) is 0 Å². The molecule has 3 N–H and O–H groups in total. The van der Waals surface area contributed by atoms with E-state index >= 15 is 0 Å². The average molecular weight is 350 g/mol. The summed E-state index contributed by atoms with van der Waals surface area (Å²) in [5, 5.41) is 7.77. The van der Waals surface area contributed by atoms with Gasteiger partial charge in [-0.05, 0) is 31.6 Å². The van der Waals surface area contributed by atoms with Gasteiger partial charge < -0.3 is 10.6 Å². The molecule has 1 aliphatic heterocycles. The van der Waals surface area contributed by atoms with Crippen LogP contribution in [0.1, 0.15) is 58.3 Å². The van der Waals surface area contributed by atoms with Crippen molar-refractivity contribution < 1.29 is 19.2 Å². The van der Waals surface area contributed by atoms with Crippen LogP contribution in [0.15, 0.2) is 0 Å². The summed E-state index contributed by atoms with van der Waals surface area (Å²) in [6.07, 6.45) is 7.16. The third-order valence-electron chi connectivity index (χ3n) is 5.69. The smallest absolute Gasteiger partial charge is 0.325 e. The second kappa shape index (κ2) is 7.01. The Labute approximate surface area is 147 Å². The lowest BCUT2D eigenvalue weighted by molar-refractivity contribution is -0.134. The van der Waals surface area contributed by atoms with Gasteiger partial charge in [0.25, 0.3) is 5.91 Å². The Kier molecular flexibility index (Phi) is 4.96. The maximum absolute atomic E-state index is 12.5. The quantitative estimate of drug-likeness (QED) is 0.666.